The summed E-state index contributed by atoms with van der Waals surface area (Å²) in [7, 11) is 0. The van der Waals surface area contributed by atoms with E-state index < -0.39 is 30.0 Å². The third-order valence-electron chi connectivity index (χ3n) is 3.37. The Morgan fingerprint density at radius 3 is 2.25 bits per heavy atom. The molecule has 0 saturated carbocycles. The van der Waals surface area contributed by atoms with Crippen LogP contribution in [0.1, 0.15) is 24.1 Å². The van der Waals surface area contributed by atoms with Crippen molar-refractivity contribution in [1.29, 1.82) is 0 Å². The van der Waals surface area contributed by atoms with Crippen LogP contribution in [-0.2, 0) is 10.7 Å². The van der Waals surface area contributed by atoms with Gasteiger partial charge >= 0.3 is 12.5 Å². The van der Waals surface area contributed by atoms with E-state index in [2.05, 4.69) is 10.1 Å². The monoisotopic (exact) mass is 341 g/mol. The zero-order valence-electron chi connectivity index (χ0n) is 12.7. The van der Waals surface area contributed by atoms with Crippen molar-refractivity contribution in [2.45, 2.75) is 25.5 Å². The van der Waals surface area contributed by atoms with Crippen molar-refractivity contribution < 1.29 is 27.1 Å². The fraction of sp³-hybridized carbons (Fsp3) is 0.235. The average Bonchev–Trinajstić information content (AvgIpc) is 2.55. The number of hydrogen-bond donors (Lipinski definition) is 1. The van der Waals surface area contributed by atoms with Gasteiger partial charge < -0.3 is 10.1 Å². The maximum Gasteiger partial charge on any atom is 0.387 e. The molecule has 0 spiro atoms. The molecule has 0 aliphatic rings. The van der Waals surface area contributed by atoms with Crippen molar-refractivity contribution in [2.75, 3.05) is 0 Å². The van der Waals surface area contributed by atoms with Gasteiger partial charge in [-0.1, -0.05) is 48.5 Å². The van der Waals surface area contributed by atoms with Crippen LogP contribution in [0, 0.1) is 0 Å². The van der Waals surface area contributed by atoms with Crippen molar-refractivity contribution >= 4 is 5.91 Å². The van der Waals surface area contributed by atoms with E-state index in [9.17, 15) is 22.4 Å². The molecule has 0 unspecified atom stereocenters. The highest BCUT2D eigenvalue weighted by Crippen LogP contribution is 2.31. The average molecular weight is 341 g/mol. The summed E-state index contributed by atoms with van der Waals surface area (Å²) < 4.78 is 57.5. The van der Waals surface area contributed by atoms with Crippen molar-refractivity contribution in [2.24, 2.45) is 0 Å². The number of nitrogens with one attached hydrogen (secondary N) is 1. The van der Waals surface area contributed by atoms with Gasteiger partial charge in [0.05, 0.1) is 6.04 Å². The largest absolute Gasteiger partial charge is 0.434 e. The second-order valence-electron chi connectivity index (χ2n) is 5.05. The van der Waals surface area contributed by atoms with E-state index in [0.717, 1.165) is 12.1 Å². The van der Waals surface area contributed by atoms with E-state index in [1.165, 1.54) is 43.3 Å². The molecule has 0 aromatic heterocycles. The Balaban J connectivity index is 2.18. The zero-order chi connectivity index (χ0) is 17.7. The van der Waals surface area contributed by atoms with E-state index in [0.29, 0.717) is 0 Å². The standard InChI is InChI=1S/C17H15F4NO2/c1-11(13-9-5-6-10-14(13)24-16(18)19)22-15(23)17(20,21)12-7-3-2-4-8-12/h2-11,16H,1H3,(H,22,23)/t11-/m1/s1. The molecule has 1 atom stereocenters. The quantitative estimate of drug-likeness (QED) is 0.798. The highest BCUT2D eigenvalue weighted by atomic mass is 19.3. The molecule has 0 aliphatic carbocycles. The first-order chi connectivity index (χ1) is 11.3. The van der Waals surface area contributed by atoms with Crippen molar-refractivity contribution in [3.05, 3.63) is 65.7 Å². The Kier molecular flexibility index (Phi) is 5.43. The molecule has 0 heterocycles. The zero-order valence-corrected chi connectivity index (χ0v) is 12.7. The summed E-state index contributed by atoms with van der Waals surface area (Å²) in [5.41, 5.74) is -0.276. The van der Waals surface area contributed by atoms with Crippen LogP contribution in [-0.4, -0.2) is 12.5 Å². The van der Waals surface area contributed by atoms with E-state index >= 15 is 0 Å². The molecule has 0 radical (unpaired) electrons. The van der Waals surface area contributed by atoms with Gasteiger partial charge in [0.1, 0.15) is 5.75 Å². The maximum absolute atomic E-state index is 14.2. The fourth-order valence-electron chi connectivity index (χ4n) is 2.19. The predicted molar refractivity (Wildman–Crippen MR) is 80.0 cm³/mol. The lowest BCUT2D eigenvalue weighted by Crippen LogP contribution is -2.39. The molecule has 0 bridgehead atoms. The van der Waals surface area contributed by atoms with E-state index in [1.807, 2.05) is 0 Å². The summed E-state index contributed by atoms with van der Waals surface area (Å²) in [5, 5.41) is 2.13. The molecule has 0 saturated heterocycles. The number of benzene rings is 2. The van der Waals surface area contributed by atoms with E-state index in [1.54, 1.807) is 6.07 Å². The molecular weight excluding hydrogens is 326 g/mol. The summed E-state index contributed by atoms with van der Waals surface area (Å²) in [4.78, 5) is 11.9. The van der Waals surface area contributed by atoms with Gasteiger partial charge in [-0.2, -0.15) is 17.6 Å². The highest BCUT2D eigenvalue weighted by molar-refractivity contribution is 5.85. The van der Waals surface area contributed by atoms with Gasteiger partial charge in [0.25, 0.3) is 5.91 Å². The second-order valence-corrected chi connectivity index (χ2v) is 5.05. The first kappa shape index (κ1) is 17.8. The molecule has 0 fully saturated rings. The summed E-state index contributed by atoms with van der Waals surface area (Å²) in [5.74, 6) is -5.44. The Morgan fingerprint density at radius 2 is 1.62 bits per heavy atom. The number of carbonyl (C=O) groups excluding carboxylic acids is 1. The van der Waals surface area contributed by atoms with E-state index in [-0.39, 0.29) is 11.3 Å². The third-order valence-corrected chi connectivity index (χ3v) is 3.37. The Labute approximate surface area is 136 Å². The fourth-order valence-corrected chi connectivity index (χ4v) is 2.19. The number of rotatable bonds is 6. The highest BCUT2D eigenvalue weighted by Gasteiger charge is 2.41. The van der Waals surface area contributed by atoms with Gasteiger partial charge in [-0.25, -0.2) is 0 Å². The maximum atomic E-state index is 14.2. The van der Waals surface area contributed by atoms with Crippen LogP contribution in [0.4, 0.5) is 17.6 Å². The van der Waals surface area contributed by atoms with E-state index in [4.69, 9.17) is 0 Å². The normalized spacial score (nSPS) is 12.8. The summed E-state index contributed by atoms with van der Waals surface area (Å²) in [6.45, 7) is -1.65. The minimum absolute atomic E-state index is 0.176. The number of amides is 1. The lowest BCUT2D eigenvalue weighted by atomic mass is 10.0. The Morgan fingerprint density at radius 1 is 1.04 bits per heavy atom. The van der Waals surface area contributed by atoms with Crippen molar-refractivity contribution in [3.63, 3.8) is 0 Å². The molecule has 2 aromatic carbocycles. The number of halogens is 4. The van der Waals surface area contributed by atoms with Crippen LogP contribution in [0.15, 0.2) is 54.6 Å². The molecule has 3 nitrogen and oxygen atoms in total. The predicted octanol–water partition coefficient (Wildman–Crippen LogP) is 4.26. The molecule has 1 amide bonds. The number of hydrogen-bond acceptors (Lipinski definition) is 2. The minimum Gasteiger partial charge on any atom is -0.434 e. The third kappa shape index (κ3) is 4.04. The number of carbonyl (C=O) groups is 1. The minimum atomic E-state index is -3.74. The first-order valence-electron chi connectivity index (χ1n) is 7.10. The van der Waals surface area contributed by atoms with Gasteiger partial charge in [-0.15, -0.1) is 0 Å². The summed E-state index contributed by atoms with van der Waals surface area (Å²) in [6, 6.07) is 11.4. The Bertz CT molecular complexity index is 692. The van der Waals surface area contributed by atoms with Crippen LogP contribution in [0.5, 0.6) is 5.75 Å². The molecule has 0 aliphatic heterocycles. The topological polar surface area (TPSA) is 38.3 Å². The number of para-hydroxylation sites is 1. The Hall–Kier alpha value is -2.57. The molecule has 1 N–H and O–H groups in total. The SMILES string of the molecule is C[C@@H](NC(=O)C(F)(F)c1ccccc1)c1ccccc1OC(F)F. The lowest BCUT2D eigenvalue weighted by Gasteiger charge is -2.22. The molecular formula is C17H15F4NO2. The van der Waals surface area contributed by atoms with Crippen LogP contribution >= 0.6 is 0 Å². The van der Waals surface area contributed by atoms with Crippen LogP contribution in [0.3, 0.4) is 0 Å². The smallest absolute Gasteiger partial charge is 0.387 e. The van der Waals surface area contributed by atoms with Gasteiger partial charge in [0, 0.05) is 11.1 Å². The second kappa shape index (κ2) is 7.33. The van der Waals surface area contributed by atoms with Gasteiger partial charge in [-0.05, 0) is 13.0 Å². The van der Waals surface area contributed by atoms with Crippen LogP contribution in [0.2, 0.25) is 0 Å². The summed E-state index contributed by atoms with van der Waals surface area (Å²) >= 11 is 0. The van der Waals surface area contributed by atoms with Crippen molar-refractivity contribution in [1.82, 2.24) is 5.32 Å². The van der Waals surface area contributed by atoms with Gasteiger partial charge in [0.2, 0.25) is 0 Å². The molecule has 2 rings (SSSR count). The molecule has 7 heteroatoms. The molecule has 128 valence electrons. The first-order valence-corrected chi connectivity index (χ1v) is 7.10. The summed E-state index contributed by atoms with van der Waals surface area (Å²) in [6.07, 6.45) is 0. The molecule has 2 aromatic rings. The number of alkyl halides is 4. The lowest BCUT2D eigenvalue weighted by molar-refractivity contribution is -0.147. The van der Waals surface area contributed by atoms with Gasteiger partial charge in [-0.3, -0.25) is 4.79 Å². The van der Waals surface area contributed by atoms with Crippen molar-refractivity contribution in [3.8, 4) is 5.75 Å². The van der Waals surface area contributed by atoms with Crippen LogP contribution < -0.4 is 10.1 Å². The number of ether oxygens (including phenoxy) is 1. The molecule has 24 heavy (non-hydrogen) atoms. The van der Waals surface area contributed by atoms with Gasteiger partial charge in [0.15, 0.2) is 0 Å². The van der Waals surface area contributed by atoms with Crippen LogP contribution in [0.25, 0.3) is 0 Å².